The zero-order chi connectivity index (χ0) is 14.7. The lowest BCUT2D eigenvalue weighted by Crippen LogP contribution is -1.91. The summed E-state index contributed by atoms with van der Waals surface area (Å²) in [4.78, 5) is 4.40. The fourth-order valence-corrected chi connectivity index (χ4v) is 2.34. The third-order valence-corrected chi connectivity index (χ3v) is 3.57. The van der Waals surface area contributed by atoms with Gasteiger partial charge in [-0.05, 0) is 41.3 Å². The third kappa shape index (κ3) is 2.92. The largest absolute Gasteiger partial charge is 0.256 e. The average Bonchev–Trinajstić information content (AvgIpc) is 2.55. The van der Waals surface area contributed by atoms with Crippen LogP contribution in [0.3, 0.4) is 0 Å². The molecule has 0 unspecified atom stereocenters. The van der Waals surface area contributed by atoms with E-state index in [1.807, 2.05) is 18.3 Å². The Balaban J connectivity index is 1.89. The van der Waals surface area contributed by atoms with Crippen molar-refractivity contribution in [1.29, 1.82) is 0 Å². The van der Waals surface area contributed by atoms with Crippen molar-refractivity contribution in [3.8, 4) is 11.1 Å². The van der Waals surface area contributed by atoms with Gasteiger partial charge in [0, 0.05) is 11.8 Å². The van der Waals surface area contributed by atoms with Gasteiger partial charge >= 0.3 is 0 Å². The average molecular weight is 271 g/mol. The van der Waals surface area contributed by atoms with Crippen molar-refractivity contribution in [2.75, 3.05) is 0 Å². The van der Waals surface area contributed by atoms with E-state index in [0.29, 0.717) is 0 Å². The summed E-state index contributed by atoms with van der Waals surface area (Å²) in [6, 6.07) is 22.9. The second-order valence-electron chi connectivity index (χ2n) is 5.14. The van der Waals surface area contributed by atoms with Crippen molar-refractivity contribution in [2.24, 2.45) is 0 Å². The van der Waals surface area contributed by atoms with Crippen LogP contribution in [0.1, 0.15) is 16.8 Å². The van der Waals surface area contributed by atoms with Crippen LogP contribution in [-0.4, -0.2) is 4.98 Å². The number of pyridine rings is 1. The summed E-state index contributed by atoms with van der Waals surface area (Å²) < 4.78 is 0. The van der Waals surface area contributed by atoms with Gasteiger partial charge in [0.1, 0.15) is 0 Å². The SMILES string of the molecule is C=C(c1ccc(-c2ccccc2)cc1)c1cc(C)ccn1. The Morgan fingerprint density at radius 2 is 1.52 bits per heavy atom. The van der Waals surface area contributed by atoms with Gasteiger partial charge in [0.2, 0.25) is 0 Å². The zero-order valence-corrected chi connectivity index (χ0v) is 12.1. The number of benzene rings is 2. The molecule has 1 heterocycles. The summed E-state index contributed by atoms with van der Waals surface area (Å²) in [5.74, 6) is 0. The fraction of sp³-hybridized carbons (Fsp3) is 0.0500. The highest BCUT2D eigenvalue weighted by molar-refractivity contribution is 5.77. The summed E-state index contributed by atoms with van der Waals surface area (Å²) >= 11 is 0. The van der Waals surface area contributed by atoms with E-state index in [-0.39, 0.29) is 0 Å². The molecule has 0 aliphatic carbocycles. The Morgan fingerprint density at radius 1 is 0.857 bits per heavy atom. The van der Waals surface area contributed by atoms with Crippen LogP contribution in [0, 0.1) is 6.92 Å². The van der Waals surface area contributed by atoms with Crippen molar-refractivity contribution >= 4 is 5.57 Å². The molecule has 0 saturated heterocycles. The molecule has 0 atom stereocenters. The Labute approximate surface area is 125 Å². The van der Waals surface area contributed by atoms with Crippen LogP contribution in [0.25, 0.3) is 16.7 Å². The predicted octanol–water partition coefficient (Wildman–Crippen LogP) is 5.12. The maximum atomic E-state index is 4.40. The van der Waals surface area contributed by atoms with Gasteiger partial charge in [0.25, 0.3) is 0 Å². The van der Waals surface area contributed by atoms with E-state index in [9.17, 15) is 0 Å². The second-order valence-corrected chi connectivity index (χ2v) is 5.14. The Kier molecular flexibility index (Phi) is 3.65. The molecule has 0 N–H and O–H groups in total. The summed E-state index contributed by atoms with van der Waals surface area (Å²) in [6.07, 6.45) is 1.83. The van der Waals surface area contributed by atoms with Gasteiger partial charge in [-0.2, -0.15) is 0 Å². The number of hydrogen-bond acceptors (Lipinski definition) is 1. The maximum absolute atomic E-state index is 4.40. The predicted molar refractivity (Wildman–Crippen MR) is 89.0 cm³/mol. The van der Waals surface area contributed by atoms with Crippen LogP contribution in [0.15, 0.2) is 79.5 Å². The Morgan fingerprint density at radius 3 is 2.19 bits per heavy atom. The monoisotopic (exact) mass is 271 g/mol. The fourth-order valence-electron chi connectivity index (χ4n) is 2.34. The van der Waals surface area contributed by atoms with E-state index in [4.69, 9.17) is 0 Å². The number of hydrogen-bond donors (Lipinski definition) is 0. The molecule has 3 rings (SSSR count). The van der Waals surface area contributed by atoms with Crippen molar-refractivity contribution in [1.82, 2.24) is 4.98 Å². The van der Waals surface area contributed by atoms with Gasteiger partial charge in [0.15, 0.2) is 0 Å². The highest BCUT2D eigenvalue weighted by atomic mass is 14.7. The van der Waals surface area contributed by atoms with Gasteiger partial charge in [-0.25, -0.2) is 0 Å². The maximum Gasteiger partial charge on any atom is 0.0704 e. The van der Waals surface area contributed by atoms with Gasteiger partial charge in [-0.1, -0.05) is 61.2 Å². The number of aryl methyl sites for hydroxylation is 1. The summed E-state index contributed by atoms with van der Waals surface area (Å²) in [7, 11) is 0. The molecule has 1 aromatic heterocycles. The molecule has 0 amide bonds. The minimum Gasteiger partial charge on any atom is -0.256 e. The Bertz CT molecular complexity index is 755. The normalized spacial score (nSPS) is 10.3. The van der Waals surface area contributed by atoms with Crippen LogP contribution in [-0.2, 0) is 0 Å². The van der Waals surface area contributed by atoms with Gasteiger partial charge < -0.3 is 0 Å². The smallest absolute Gasteiger partial charge is 0.0704 e. The lowest BCUT2D eigenvalue weighted by molar-refractivity contribution is 1.24. The molecule has 0 fully saturated rings. The minimum absolute atomic E-state index is 0.933. The molecule has 21 heavy (non-hydrogen) atoms. The second kappa shape index (κ2) is 5.76. The van der Waals surface area contributed by atoms with Crippen LogP contribution in [0.2, 0.25) is 0 Å². The number of rotatable bonds is 3. The molecular weight excluding hydrogens is 254 g/mol. The molecule has 0 spiro atoms. The van der Waals surface area contributed by atoms with E-state index in [1.54, 1.807) is 0 Å². The highest BCUT2D eigenvalue weighted by Gasteiger charge is 2.04. The molecule has 102 valence electrons. The molecule has 2 aromatic carbocycles. The first-order chi connectivity index (χ1) is 10.2. The highest BCUT2D eigenvalue weighted by Crippen LogP contribution is 2.24. The molecule has 0 aliphatic heterocycles. The Hall–Kier alpha value is -2.67. The van der Waals surface area contributed by atoms with E-state index in [1.165, 1.54) is 16.7 Å². The van der Waals surface area contributed by atoms with Gasteiger partial charge in [-0.15, -0.1) is 0 Å². The van der Waals surface area contributed by atoms with Crippen LogP contribution < -0.4 is 0 Å². The zero-order valence-electron chi connectivity index (χ0n) is 12.1. The van der Waals surface area contributed by atoms with E-state index < -0.39 is 0 Å². The molecule has 1 nitrogen and oxygen atoms in total. The first-order valence-electron chi connectivity index (χ1n) is 7.02. The molecule has 1 heteroatoms. The van der Waals surface area contributed by atoms with E-state index in [2.05, 4.69) is 73.1 Å². The summed E-state index contributed by atoms with van der Waals surface area (Å²) in [6.45, 7) is 6.24. The lowest BCUT2D eigenvalue weighted by atomic mass is 9.99. The standard InChI is InChI=1S/C20H17N/c1-15-12-13-21-20(14-15)16(2)17-8-10-19(11-9-17)18-6-4-3-5-7-18/h3-14H,2H2,1H3. The minimum atomic E-state index is 0.933. The van der Waals surface area contributed by atoms with Crippen molar-refractivity contribution in [3.63, 3.8) is 0 Å². The van der Waals surface area contributed by atoms with Crippen molar-refractivity contribution < 1.29 is 0 Å². The van der Waals surface area contributed by atoms with Gasteiger partial charge in [-0.3, -0.25) is 4.98 Å². The first kappa shape index (κ1) is 13.3. The topological polar surface area (TPSA) is 12.9 Å². The lowest BCUT2D eigenvalue weighted by Gasteiger charge is -2.08. The van der Waals surface area contributed by atoms with E-state index in [0.717, 1.165) is 16.8 Å². The van der Waals surface area contributed by atoms with Crippen LogP contribution in [0.4, 0.5) is 0 Å². The molecule has 0 radical (unpaired) electrons. The van der Waals surface area contributed by atoms with Crippen LogP contribution >= 0.6 is 0 Å². The number of nitrogens with zero attached hydrogens (tertiary/aromatic N) is 1. The molecule has 0 bridgehead atoms. The van der Waals surface area contributed by atoms with Crippen molar-refractivity contribution in [2.45, 2.75) is 6.92 Å². The quantitative estimate of drug-likeness (QED) is 0.644. The first-order valence-corrected chi connectivity index (χ1v) is 7.02. The molecule has 0 saturated carbocycles. The molecule has 3 aromatic rings. The number of aromatic nitrogens is 1. The molecular formula is C20H17N. The summed E-state index contributed by atoms with van der Waals surface area (Å²) in [5, 5.41) is 0. The van der Waals surface area contributed by atoms with E-state index >= 15 is 0 Å². The summed E-state index contributed by atoms with van der Waals surface area (Å²) in [5.41, 5.74) is 6.63. The van der Waals surface area contributed by atoms with Crippen molar-refractivity contribution in [3.05, 3.63) is 96.3 Å². The van der Waals surface area contributed by atoms with Crippen LogP contribution in [0.5, 0.6) is 0 Å². The van der Waals surface area contributed by atoms with Gasteiger partial charge in [0.05, 0.1) is 5.69 Å². The third-order valence-electron chi connectivity index (χ3n) is 3.57. The molecule has 0 aliphatic rings.